The Bertz CT molecular complexity index is 4300. The molecule has 28 nitrogen and oxygen atoms in total. The molecule has 16 aliphatic carbocycles. The zero-order chi connectivity index (χ0) is 92.5. The molecule has 8 fully saturated rings. The topological polar surface area (TPSA) is 536 Å². The standard InChI is InChI=1S/C36H56O10.3C20H28O6/c1-23-18-27-33(43,31(23)42)20-25(22-37)19-26-30-32(3,4)36(30,34(44,21-29(40)41)24(2)35(26,27)45)46-17-15-13-11-9-7-5-6-8-10-12-14-16-28(38)39;3*1-9-5-13-18(24,15(9)22)7-11(8-21)6-12-14-17(3,4)20(14,26)16(23)10(2)19(12,13)25/h18-19,24,26-27,30,37,43-45H,5-17,20-22H2,1-4H3,(H,38,39)(H,40,41);3*5-6,10,12-14,16,21,23-26H,7-8H2,1-4H3/t24-,26+,27-,30-,33-,34-,35-,36+;3*10-,12+,13-,14-,16-,18-,19-,20-/m1111/s1. The molecule has 0 radical (unpaired) electrons. The highest BCUT2D eigenvalue weighted by Crippen LogP contribution is 2.82. The minimum absolute atomic E-state index is 0.0615. The normalized spacial score (nSPS) is 48.2. The Kier molecular flexibility index (Phi) is 24.2. The van der Waals surface area contributed by atoms with Crippen molar-refractivity contribution in [1.82, 2.24) is 0 Å². The van der Waals surface area contributed by atoms with E-state index in [1.807, 2.05) is 55.4 Å². The molecule has 16 aliphatic rings. The molecule has 0 bridgehead atoms. The SMILES string of the molecule is CC1=C[C@H]2[C@@]3(O)[C@H](C)[C@@H](O)[C@]4(O)[C@H]([C@@H]3C=C(CO)C[C@]2(O)C1=O)C4(C)C.CC1=C[C@H]2[C@@]3(O)[C@H](C)[C@@H](O)[C@]4(O)[C@H]([C@@H]3C=C(CO)C[C@]2(O)C1=O)C4(C)C.CC1=C[C@H]2[C@@]3(O)[C@H](C)[C@@H](O)[C@]4(O)[C@H]([C@@H]3C=C(CO)C[C@]2(O)C1=O)C4(C)C.CC1=C[C@H]2[C@]3(O)[C@@H](C=C(CO)C[C@]2(O)C1=O)[C@@H]1C(C)(C)[C@]1(OCCCCCCCCCCCCCC(=O)O)[C@@](O)(CC(=O)O)[C@H]3C. The summed E-state index contributed by atoms with van der Waals surface area (Å²) in [7, 11) is 0. The minimum Gasteiger partial charge on any atom is -0.481 e. The Morgan fingerprint density at radius 2 is 0.605 bits per heavy atom. The summed E-state index contributed by atoms with van der Waals surface area (Å²) in [5.74, 6) is -15.3. The fourth-order valence-electron chi connectivity index (χ4n) is 29.1. The first-order chi connectivity index (χ1) is 57.2. The van der Waals surface area contributed by atoms with E-state index in [1.54, 1.807) is 104 Å². The molecular weight excluding hydrogens is 1600 g/mol. The molecule has 0 spiro atoms. The van der Waals surface area contributed by atoms with E-state index in [1.165, 1.54) is 0 Å². The van der Waals surface area contributed by atoms with E-state index in [2.05, 4.69) is 0 Å². The van der Waals surface area contributed by atoms with Gasteiger partial charge in [0.25, 0.3) is 0 Å². The van der Waals surface area contributed by atoms with Gasteiger partial charge < -0.3 is 112 Å². The van der Waals surface area contributed by atoms with Gasteiger partial charge in [-0.3, -0.25) is 28.8 Å². The first-order valence-electron chi connectivity index (χ1n) is 45.1. The third-order valence-electron chi connectivity index (χ3n) is 36.2. The minimum atomic E-state index is -2.01. The van der Waals surface area contributed by atoms with Crippen LogP contribution >= 0.6 is 0 Å². The number of aliphatic carboxylic acids is 2. The van der Waals surface area contributed by atoms with Crippen LogP contribution in [-0.4, -0.2) is 266 Å². The van der Waals surface area contributed by atoms with Crippen molar-refractivity contribution in [3.8, 4) is 0 Å². The Labute approximate surface area is 726 Å². The number of carbonyl (C=O) groups is 6. The lowest BCUT2D eigenvalue weighted by Gasteiger charge is -2.57. The number of carboxylic acids is 2. The lowest BCUT2D eigenvalue weighted by molar-refractivity contribution is -0.265. The summed E-state index contributed by atoms with van der Waals surface area (Å²) in [5, 5.41) is 231. The van der Waals surface area contributed by atoms with Gasteiger partial charge in [-0.25, -0.2) is 0 Å². The van der Waals surface area contributed by atoms with Crippen molar-refractivity contribution in [2.24, 2.45) is 116 Å². The van der Waals surface area contributed by atoms with Crippen LogP contribution < -0.4 is 0 Å². The van der Waals surface area contributed by atoms with Crippen molar-refractivity contribution in [2.75, 3.05) is 33.0 Å². The summed E-state index contributed by atoms with van der Waals surface area (Å²) >= 11 is 0. The average Bonchev–Trinajstić information content (AvgIpc) is 1.44. The summed E-state index contributed by atoms with van der Waals surface area (Å²) in [5.41, 5.74) is -20.9. The van der Waals surface area contributed by atoms with Gasteiger partial charge in [-0.1, -0.05) is 189 Å². The van der Waals surface area contributed by atoms with Gasteiger partial charge in [0.15, 0.2) is 23.1 Å². The van der Waals surface area contributed by atoms with E-state index < -0.39 is 256 Å². The molecule has 0 saturated heterocycles. The first kappa shape index (κ1) is 96.3. The fraction of sp³-hybridized carbons (Fsp3) is 0.771. The number of rotatable bonds is 21. The smallest absolute Gasteiger partial charge is 0.306 e. The number of aliphatic hydroxyl groups is 19. The zero-order valence-corrected chi connectivity index (χ0v) is 74.9. The van der Waals surface area contributed by atoms with Gasteiger partial charge >= 0.3 is 11.9 Å². The maximum absolute atomic E-state index is 13.3. The quantitative estimate of drug-likeness (QED) is 0.0561. The number of Topliss-reactive ketones (excluding diaryl/α,β-unsaturated/α-hetero) is 4. The molecule has 28 heteroatoms. The highest BCUT2D eigenvalue weighted by Gasteiger charge is 2.91. The Morgan fingerprint density at radius 3 is 0.863 bits per heavy atom. The van der Waals surface area contributed by atoms with E-state index in [0.29, 0.717) is 51.2 Å². The second kappa shape index (κ2) is 31.2. The number of ether oxygens (including phenoxy) is 1. The molecule has 8 saturated carbocycles. The van der Waals surface area contributed by atoms with E-state index in [4.69, 9.17) is 9.84 Å². The van der Waals surface area contributed by atoms with Crippen LogP contribution in [0.5, 0.6) is 0 Å². The molecule has 16 rings (SSSR count). The second-order valence-electron chi connectivity index (χ2n) is 43.4. The molecular formula is C96H140O28. The molecule has 0 aromatic heterocycles. The Balaban J connectivity index is 0.000000147. The van der Waals surface area contributed by atoms with Crippen molar-refractivity contribution in [3.05, 3.63) is 93.2 Å². The molecule has 692 valence electrons. The molecule has 0 aliphatic heterocycles. The molecule has 0 unspecified atom stereocenters. The van der Waals surface area contributed by atoms with Crippen LogP contribution in [0.1, 0.15) is 220 Å². The number of ketones is 4. The molecule has 32 atom stereocenters. The number of carboxylic acid groups (broad SMARTS) is 2. The number of carbonyl (C=O) groups excluding carboxylic acids is 4. The van der Waals surface area contributed by atoms with Crippen LogP contribution in [0, 0.1) is 116 Å². The lowest BCUT2D eigenvalue weighted by atomic mass is 9.54. The van der Waals surface area contributed by atoms with Crippen LogP contribution in [0.15, 0.2) is 93.2 Å². The summed E-state index contributed by atoms with van der Waals surface area (Å²) < 4.78 is 6.64. The second-order valence-corrected chi connectivity index (χ2v) is 43.4. The number of hydrogen-bond acceptors (Lipinski definition) is 26. The maximum Gasteiger partial charge on any atom is 0.306 e. The van der Waals surface area contributed by atoms with Crippen LogP contribution in [0.3, 0.4) is 0 Å². The fourth-order valence-corrected chi connectivity index (χ4v) is 29.1. The molecule has 0 heterocycles. The molecule has 124 heavy (non-hydrogen) atoms. The zero-order valence-electron chi connectivity index (χ0n) is 74.9. The molecule has 21 N–H and O–H groups in total. The average molecular weight is 1740 g/mol. The molecule has 0 aromatic carbocycles. The molecule has 0 aromatic rings. The van der Waals surface area contributed by atoms with Crippen LogP contribution in [0.25, 0.3) is 0 Å². The molecule has 0 amide bonds. The van der Waals surface area contributed by atoms with Gasteiger partial charge in [0.2, 0.25) is 0 Å². The maximum atomic E-state index is 13.3. The predicted octanol–water partition coefficient (Wildman–Crippen LogP) is 4.36. The van der Waals surface area contributed by atoms with Gasteiger partial charge in [-0.15, -0.1) is 0 Å². The highest BCUT2D eigenvalue weighted by molar-refractivity contribution is 6.07. The van der Waals surface area contributed by atoms with Gasteiger partial charge in [0.05, 0.1) is 73.6 Å². The van der Waals surface area contributed by atoms with E-state index in [0.717, 1.165) is 70.6 Å². The number of fused-ring (bicyclic) bond motifs is 20. The first-order valence-corrected chi connectivity index (χ1v) is 45.1. The number of hydrogen-bond donors (Lipinski definition) is 21. The van der Waals surface area contributed by atoms with Crippen molar-refractivity contribution in [3.63, 3.8) is 0 Å². The monoisotopic (exact) mass is 1740 g/mol. The summed E-state index contributed by atoms with van der Waals surface area (Å²) in [6, 6.07) is 0. The largest absolute Gasteiger partial charge is 0.481 e. The van der Waals surface area contributed by atoms with Gasteiger partial charge in [-0.05, 0) is 85.1 Å². The van der Waals surface area contributed by atoms with Gasteiger partial charge in [-0.2, -0.15) is 0 Å². The van der Waals surface area contributed by atoms with Crippen molar-refractivity contribution in [2.45, 2.75) is 311 Å². The van der Waals surface area contributed by atoms with E-state index >= 15 is 0 Å². The van der Waals surface area contributed by atoms with E-state index in [9.17, 15) is 131 Å². The Morgan fingerprint density at radius 1 is 0.355 bits per heavy atom. The van der Waals surface area contributed by atoms with E-state index in [-0.39, 0.29) is 51.9 Å². The van der Waals surface area contributed by atoms with Crippen molar-refractivity contribution < 1.29 is 141 Å². The van der Waals surface area contributed by atoms with Crippen molar-refractivity contribution in [1.29, 1.82) is 0 Å². The van der Waals surface area contributed by atoms with Crippen LogP contribution in [0.4, 0.5) is 0 Å². The predicted molar refractivity (Wildman–Crippen MR) is 449 cm³/mol. The van der Waals surface area contributed by atoms with Gasteiger partial charge in [0.1, 0.15) is 50.4 Å². The summed E-state index contributed by atoms with van der Waals surface area (Å²) in [4.78, 5) is 74.3. The Hall–Kier alpha value is -5.26. The number of aliphatic hydroxyl groups excluding tert-OH is 7. The third-order valence-corrected chi connectivity index (χ3v) is 36.2. The number of unbranched alkanes of at least 4 members (excludes halogenated alkanes) is 10. The highest BCUT2D eigenvalue weighted by atomic mass is 16.5. The summed E-state index contributed by atoms with van der Waals surface area (Å²) in [6.45, 7) is 26.8. The summed E-state index contributed by atoms with van der Waals surface area (Å²) in [6.07, 6.45) is 20.1. The van der Waals surface area contributed by atoms with Gasteiger partial charge in [0, 0.05) is 155 Å². The lowest BCUT2D eigenvalue weighted by Crippen LogP contribution is -2.71. The third kappa shape index (κ3) is 12.7. The van der Waals surface area contributed by atoms with Crippen molar-refractivity contribution >= 4 is 35.1 Å². The van der Waals surface area contributed by atoms with Crippen LogP contribution in [-0.2, 0) is 33.5 Å². The van der Waals surface area contributed by atoms with Crippen LogP contribution in [0.2, 0.25) is 0 Å².